The maximum atomic E-state index is 12.5. The van der Waals surface area contributed by atoms with E-state index in [4.69, 9.17) is 0 Å². The second kappa shape index (κ2) is 7.49. The second-order valence-electron chi connectivity index (χ2n) is 6.01. The Morgan fingerprint density at radius 1 is 1.36 bits per heavy atom. The molecule has 0 aliphatic heterocycles. The van der Waals surface area contributed by atoms with Gasteiger partial charge < -0.3 is 20.4 Å². The molecule has 1 fully saturated rings. The SMILES string of the molecule is CCN(C(=O)NC1CCC(O)CC1)C(C)c1cccc(O)c1. The van der Waals surface area contributed by atoms with Crippen LogP contribution >= 0.6 is 0 Å². The number of rotatable bonds is 4. The lowest BCUT2D eigenvalue weighted by Crippen LogP contribution is -2.47. The molecule has 0 spiro atoms. The molecule has 1 aliphatic rings. The van der Waals surface area contributed by atoms with Crippen LogP contribution in [0.3, 0.4) is 0 Å². The Labute approximate surface area is 131 Å². The fourth-order valence-corrected chi connectivity index (χ4v) is 3.04. The lowest BCUT2D eigenvalue weighted by molar-refractivity contribution is 0.114. The third-order valence-corrected chi connectivity index (χ3v) is 4.45. The minimum absolute atomic E-state index is 0.0836. The number of aliphatic hydroxyl groups excluding tert-OH is 1. The van der Waals surface area contributed by atoms with E-state index >= 15 is 0 Å². The zero-order valence-electron chi connectivity index (χ0n) is 13.3. The van der Waals surface area contributed by atoms with Crippen molar-refractivity contribution in [2.45, 2.75) is 57.7 Å². The zero-order chi connectivity index (χ0) is 16.1. The lowest BCUT2D eigenvalue weighted by Gasteiger charge is -2.32. The van der Waals surface area contributed by atoms with Crippen LogP contribution in [-0.2, 0) is 0 Å². The minimum Gasteiger partial charge on any atom is -0.508 e. The summed E-state index contributed by atoms with van der Waals surface area (Å²) in [4.78, 5) is 14.3. The highest BCUT2D eigenvalue weighted by molar-refractivity contribution is 5.75. The molecule has 1 aromatic carbocycles. The molecule has 2 rings (SSSR count). The van der Waals surface area contributed by atoms with E-state index in [2.05, 4.69) is 5.32 Å². The fraction of sp³-hybridized carbons (Fsp3) is 0.588. The maximum Gasteiger partial charge on any atom is 0.318 e. The van der Waals surface area contributed by atoms with Gasteiger partial charge in [-0.05, 0) is 57.2 Å². The first-order valence-electron chi connectivity index (χ1n) is 8.05. The maximum absolute atomic E-state index is 12.5. The Morgan fingerprint density at radius 2 is 2.05 bits per heavy atom. The Bertz CT molecular complexity index is 498. The highest BCUT2D eigenvalue weighted by Gasteiger charge is 2.25. The number of hydrogen-bond donors (Lipinski definition) is 3. The first-order chi connectivity index (χ1) is 10.5. The second-order valence-corrected chi connectivity index (χ2v) is 6.01. The van der Waals surface area contributed by atoms with Gasteiger partial charge in [-0.1, -0.05) is 12.1 Å². The average Bonchev–Trinajstić information content (AvgIpc) is 2.50. The van der Waals surface area contributed by atoms with Crippen LogP contribution in [0.2, 0.25) is 0 Å². The van der Waals surface area contributed by atoms with Crippen LogP contribution in [0.4, 0.5) is 4.79 Å². The number of carbonyl (C=O) groups excluding carboxylic acids is 1. The standard InChI is InChI=1S/C17H26N2O3/c1-3-19(12(2)13-5-4-6-16(21)11-13)17(22)18-14-7-9-15(20)10-8-14/h4-6,11-12,14-15,20-21H,3,7-10H2,1-2H3,(H,18,22). The van der Waals surface area contributed by atoms with Crippen LogP contribution in [0.15, 0.2) is 24.3 Å². The van der Waals surface area contributed by atoms with E-state index in [1.165, 1.54) is 0 Å². The summed E-state index contributed by atoms with van der Waals surface area (Å²) in [5.41, 5.74) is 0.913. The molecule has 122 valence electrons. The fourth-order valence-electron chi connectivity index (χ4n) is 3.04. The number of aromatic hydroxyl groups is 1. The first-order valence-corrected chi connectivity index (χ1v) is 8.05. The number of carbonyl (C=O) groups is 1. The van der Waals surface area contributed by atoms with E-state index in [1.54, 1.807) is 23.1 Å². The van der Waals surface area contributed by atoms with Gasteiger partial charge in [0.15, 0.2) is 0 Å². The molecule has 0 radical (unpaired) electrons. The first kappa shape index (κ1) is 16.6. The summed E-state index contributed by atoms with van der Waals surface area (Å²) in [6.45, 7) is 4.50. The highest BCUT2D eigenvalue weighted by Crippen LogP contribution is 2.24. The number of benzene rings is 1. The molecule has 5 heteroatoms. The Kier molecular flexibility index (Phi) is 5.66. The number of amides is 2. The lowest BCUT2D eigenvalue weighted by atomic mass is 9.93. The van der Waals surface area contributed by atoms with Crippen molar-refractivity contribution in [2.24, 2.45) is 0 Å². The van der Waals surface area contributed by atoms with E-state index < -0.39 is 0 Å². The molecule has 0 bridgehead atoms. The number of phenolic OH excluding ortho intramolecular Hbond substituents is 1. The molecule has 5 nitrogen and oxygen atoms in total. The Morgan fingerprint density at radius 3 is 2.64 bits per heavy atom. The number of hydrogen-bond acceptors (Lipinski definition) is 3. The number of nitrogens with one attached hydrogen (secondary N) is 1. The predicted molar refractivity (Wildman–Crippen MR) is 85.7 cm³/mol. The van der Waals surface area contributed by atoms with Gasteiger partial charge in [0.05, 0.1) is 12.1 Å². The van der Waals surface area contributed by atoms with Crippen molar-refractivity contribution in [2.75, 3.05) is 6.54 Å². The van der Waals surface area contributed by atoms with Gasteiger partial charge in [0.2, 0.25) is 0 Å². The van der Waals surface area contributed by atoms with Gasteiger partial charge in [0, 0.05) is 12.6 Å². The Balaban J connectivity index is 1.99. The van der Waals surface area contributed by atoms with Crippen LogP contribution in [0.25, 0.3) is 0 Å². The van der Waals surface area contributed by atoms with Crippen molar-refractivity contribution in [3.8, 4) is 5.75 Å². The molecule has 1 saturated carbocycles. The van der Waals surface area contributed by atoms with Gasteiger partial charge >= 0.3 is 6.03 Å². The molecule has 2 amide bonds. The zero-order valence-corrected chi connectivity index (χ0v) is 13.3. The summed E-state index contributed by atoms with van der Waals surface area (Å²) in [5.74, 6) is 0.210. The van der Waals surface area contributed by atoms with Gasteiger partial charge in [-0.2, -0.15) is 0 Å². The third-order valence-electron chi connectivity index (χ3n) is 4.45. The largest absolute Gasteiger partial charge is 0.508 e. The molecule has 0 heterocycles. The normalized spacial score (nSPS) is 22.9. The van der Waals surface area contributed by atoms with Gasteiger partial charge in [-0.3, -0.25) is 0 Å². The van der Waals surface area contributed by atoms with Gasteiger partial charge in [-0.25, -0.2) is 4.79 Å². The van der Waals surface area contributed by atoms with Crippen molar-refractivity contribution in [1.29, 1.82) is 0 Å². The van der Waals surface area contributed by atoms with Gasteiger partial charge in [0.1, 0.15) is 5.75 Å². The van der Waals surface area contributed by atoms with Crippen LogP contribution < -0.4 is 5.32 Å². The minimum atomic E-state index is -0.221. The van der Waals surface area contributed by atoms with E-state index in [-0.39, 0.29) is 30.0 Å². The number of nitrogens with zero attached hydrogens (tertiary/aromatic N) is 1. The van der Waals surface area contributed by atoms with Crippen molar-refractivity contribution >= 4 is 6.03 Å². The quantitative estimate of drug-likeness (QED) is 0.801. The summed E-state index contributed by atoms with van der Waals surface area (Å²) in [5, 5.41) is 22.2. The molecular formula is C17H26N2O3. The van der Waals surface area contributed by atoms with Gasteiger partial charge in [-0.15, -0.1) is 0 Å². The predicted octanol–water partition coefficient (Wildman–Crippen LogP) is 2.79. The number of urea groups is 1. The van der Waals surface area contributed by atoms with Crippen molar-refractivity contribution in [3.05, 3.63) is 29.8 Å². The summed E-state index contributed by atoms with van der Waals surface area (Å²) in [6, 6.07) is 6.97. The summed E-state index contributed by atoms with van der Waals surface area (Å²) in [7, 11) is 0. The average molecular weight is 306 g/mol. The van der Waals surface area contributed by atoms with E-state index in [1.807, 2.05) is 19.9 Å². The Hall–Kier alpha value is -1.75. The van der Waals surface area contributed by atoms with Crippen molar-refractivity contribution < 1.29 is 15.0 Å². The molecule has 1 atom stereocenters. The molecule has 1 unspecified atom stereocenters. The van der Waals surface area contributed by atoms with E-state index in [0.29, 0.717) is 6.54 Å². The number of aliphatic hydroxyl groups is 1. The van der Waals surface area contributed by atoms with Crippen LogP contribution in [0.1, 0.15) is 51.1 Å². The third kappa shape index (κ3) is 4.13. The smallest absolute Gasteiger partial charge is 0.318 e. The summed E-state index contributed by atoms with van der Waals surface area (Å²) >= 11 is 0. The summed E-state index contributed by atoms with van der Waals surface area (Å²) < 4.78 is 0. The monoisotopic (exact) mass is 306 g/mol. The topological polar surface area (TPSA) is 72.8 Å². The van der Waals surface area contributed by atoms with Crippen LogP contribution in [-0.4, -0.2) is 39.8 Å². The van der Waals surface area contributed by atoms with Crippen molar-refractivity contribution in [3.63, 3.8) is 0 Å². The molecule has 1 aromatic rings. The highest BCUT2D eigenvalue weighted by atomic mass is 16.3. The van der Waals surface area contributed by atoms with E-state index in [9.17, 15) is 15.0 Å². The van der Waals surface area contributed by atoms with Gasteiger partial charge in [0.25, 0.3) is 0 Å². The molecule has 3 N–H and O–H groups in total. The molecule has 22 heavy (non-hydrogen) atoms. The molecular weight excluding hydrogens is 280 g/mol. The molecule has 1 aliphatic carbocycles. The van der Waals surface area contributed by atoms with Crippen LogP contribution in [0, 0.1) is 0 Å². The van der Waals surface area contributed by atoms with Crippen LogP contribution in [0.5, 0.6) is 5.75 Å². The van der Waals surface area contributed by atoms with Crippen molar-refractivity contribution in [1.82, 2.24) is 10.2 Å². The molecule has 0 saturated heterocycles. The number of phenols is 1. The molecule has 0 aromatic heterocycles. The summed E-state index contributed by atoms with van der Waals surface area (Å²) in [6.07, 6.45) is 2.93. The van der Waals surface area contributed by atoms with E-state index in [0.717, 1.165) is 31.2 Å².